The Morgan fingerprint density at radius 2 is 2.05 bits per heavy atom. The molecule has 0 N–H and O–H groups in total. The lowest BCUT2D eigenvalue weighted by atomic mass is 10.1. The Balaban J connectivity index is 1.60. The van der Waals surface area contributed by atoms with Crippen LogP contribution in [-0.4, -0.2) is 42.1 Å². The zero-order valence-electron chi connectivity index (χ0n) is 11.7. The van der Waals surface area contributed by atoms with E-state index in [1.807, 2.05) is 24.3 Å². The first kappa shape index (κ1) is 13.4. The maximum absolute atomic E-state index is 12.4. The van der Waals surface area contributed by atoms with Gasteiger partial charge in [0.15, 0.2) is 0 Å². The number of benzene rings is 1. The van der Waals surface area contributed by atoms with Crippen molar-refractivity contribution < 1.29 is 14.3 Å². The third-order valence-corrected chi connectivity index (χ3v) is 3.41. The molecule has 5 heteroatoms. The Labute approximate surface area is 123 Å². The first-order valence-corrected chi connectivity index (χ1v) is 6.77. The summed E-state index contributed by atoms with van der Waals surface area (Å²) in [7, 11) is 1.57. The Morgan fingerprint density at radius 1 is 1.24 bits per heavy atom. The first-order valence-electron chi connectivity index (χ1n) is 6.77. The second-order valence-electron chi connectivity index (χ2n) is 4.84. The molecule has 1 fully saturated rings. The zero-order chi connectivity index (χ0) is 14.7. The summed E-state index contributed by atoms with van der Waals surface area (Å²) in [6.45, 7) is 1.15. The Morgan fingerprint density at radius 3 is 2.76 bits per heavy atom. The summed E-state index contributed by atoms with van der Waals surface area (Å²) in [6, 6.07) is 10.9. The second kappa shape index (κ2) is 5.83. The maximum atomic E-state index is 12.4. The van der Waals surface area contributed by atoms with Crippen molar-refractivity contribution in [2.45, 2.75) is 6.10 Å². The fourth-order valence-electron chi connectivity index (χ4n) is 2.28. The molecule has 3 rings (SSSR count). The molecule has 0 radical (unpaired) electrons. The van der Waals surface area contributed by atoms with Gasteiger partial charge >= 0.3 is 0 Å². The fraction of sp³-hybridized carbons (Fsp3) is 0.250. The van der Waals surface area contributed by atoms with Gasteiger partial charge in [-0.05, 0) is 24.3 Å². The van der Waals surface area contributed by atoms with Gasteiger partial charge in [0.25, 0.3) is 5.91 Å². The number of para-hydroxylation sites is 1. The fourth-order valence-corrected chi connectivity index (χ4v) is 2.28. The number of aromatic nitrogens is 1. The number of amides is 1. The van der Waals surface area contributed by atoms with E-state index < -0.39 is 0 Å². The van der Waals surface area contributed by atoms with Crippen molar-refractivity contribution >= 4 is 5.91 Å². The van der Waals surface area contributed by atoms with Crippen LogP contribution in [0.15, 0.2) is 48.8 Å². The minimum absolute atomic E-state index is 0.0212. The molecule has 0 saturated carbocycles. The molecule has 1 aliphatic rings. The van der Waals surface area contributed by atoms with Gasteiger partial charge in [-0.2, -0.15) is 0 Å². The Hall–Kier alpha value is -2.56. The number of rotatable bonds is 4. The first-order chi connectivity index (χ1) is 10.3. The molecule has 108 valence electrons. The zero-order valence-corrected chi connectivity index (χ0v) is 11.7. The third kappa shape index (κ3) is 2.81. The SMILES string of the molecule is COc1ccccc1C(=O)N1CC(Oc2cccnc2)C1. The average molecular weight is 284 g/mol. The van der Waals surface area contributed by atoms with Crippen molar-refractivity contribution in [3.8, 4) is 11.5 Å². The van der Waals surface area contributed by atoms with Crippen LogP contribution in [0.25, 0.3) is 0 Å². The largest absolute Gasteiger partial charge is 0.496 e. The molecule has 5 nitrogen and oxygen atoms in total. The van der Waals surface area contributed by atoms with Crippen LogP contribution in [0.5, 0.6) is 11.5 Å². The van der Waals surface area contributed by atoms with Crippen molar-refractivity contribution in [3.05, 3.63) is 54.4 Å². The van der Waals surface area contributed by atoms with Gasteiger partial charge in [0.05, 0.1) is 32.0 Å². The van der Waals surface area contributed by atoms with Gasteiger partial charge < -0.3 is 14.4 Å². The van der Waals surface area contributed by atoms with E-state index in [9.17, 15) is 4.79 Å². The lowest BCUT2D eigenvalue weighted by Gasteiger charge is -2.39. The summed E-state index contributed by atoms with van der Waals surface area (Å²) in [5, 5.41) is 0. The summed E-state index contributed by atoms with van der Waals surface area (Å²) >= 11 is 0. The number of carbonyl (C=O) groups excluding carboxylic acids is 1. The molecule has 0 atom stereocenters. The summed E-state index contributed by atoms with van der Waals surface area (Å²) in [6.07, 6.45) is 3.39. The monoisotopic (exact) mass is 284 g/mol. The number of hydrogen-bond donors (Lipinski definition) is 0. The van der Waals surface area contributed by atoms with E-state index in [-0.39, 0.29) is 12.0 Å². The highest BCUT2D eigenvalue weighted by Crippen LogP contribution is 2.23. The van der Waals surface area contributed by atoms with Gasteiger partial charge in [-0.25, -0.2) is 0 Å². The number of hydrogen-bond acceptors (Lipinski definition) is 4. The molecule has 0 spiro atoms. The van der Waals surface area contributed by atoms with Crippen molar-refractivity contribution in [1.29, 1.82) is 0 Å². The molecule has 0 unspecified atom stereocenters. The molecule has 0 aliphatic carbocycles. The molecular formula is C16H16N2O3. The molecule has 1 aliphatic heterocycles. The van der Waals surface area contributed by atoms with Crippen LogP contribution in [0.4, 0.5) is 0 Å². The van der Waals surface area contributed by atoms with Gasteiger partial charge in [-0.3, -0.25) is 9.78 Å². The number of nitrogens with zero attached hydrogens (tertiary/aromatic N) is 2. The predicted molar refractivity (Wildman–Crippen MR) is 77.6 cm³/mol. The molecule has 1 saturated heterocycles. The van der Waals surface area contributed by atoms with Crippen LogP contribution in [-0.2, 0) is 0 Å². The van der Waals surface area contributed by atoms with E-state index in [4.69, 9.17) is 9.47 Å². The standard InChI is InChI=1S/C16H16N2O3/c1-20-15-7-3-2-6-14(15)16(19)18-10-13(11-18)21-12-5-4-8-17-9-12/h2-9,13H,10-11H2,1H3. The van der Waals surface area contributed by atoms with E-state index in [0.29, 0.717) is 24.4 Å². The maximum Gasteiger partial charge on any atom is 0.257 e. The summed E-state index contributed by atoms with van der Waals surface area (Å²) in [4.78, 5) is 18.1. The topological polar surface area (TPSA) is 51.7 Å². The Kier molecular flexibility index (Phi) is 3.73. The van der Waals surface area contributed by atoms with Crippen LogP contribution in [0.3, 0.4) is 0 Å². The highest BCUT2D eigenvalue weighted by molar-refractivity contribution is 5.97. The number of ether oxygens (including phenoxy) is 2. The average Bonchev–Trinajstić information content (AvgIpc) is 2.51. The lowest BCUT2D eigenvalue weighted by molar-refractivity contribution is 0.0174. The molecule has 2 heterocycles. The lowest BCUT2D eigenvalue weighted by Crippen LogP contribution is -2.56. The summed E-state index contributed by atoms with van der Waals surface area (Å²) in [5.41, 5.74) is 0.583. The van der Waals surface area contributed by atoms with E-state index in [1.54, 1.807) is 36.5 Å². The van der Waals surface area contributed by atoms with Gasteiger partial charge in [-0.15, -0.1) is 0 Å². The normalized spacial score (nSPS) is 14.4. The van der Waals surface area contributed by atoms with Gasteiger partial charge in [0.2, 0.25) is 0 Å². The number of methoxy groups -OCH3 is 1. The summed E-state index contributed by atoms with van der Waals surface area (Å²) < 4.78 is 11.0. The molecule has 0 bridgehead atoms. The van der Waals surface area contributed by atoms with Crippen LogP contribution in [0.2, 0.25) is 0 Å². The number of likely N-dealkylation sites (tertiary alicyclic amines) is 1. The highest BCUT2D eigenvalue weighted by atomic mass is 16.5. The summed E-state index contributed by atoms with van der Waals surface area (Å²) in [5.74, 6) is 1.30. The molecule has 1 aromatic carbocycles. The number of carbonyl (C=O) groups is 1. The van der Waals surface area contributed by atoms with Gasteiger partial charge in [0, 0.05) is 6.20 Å². The van der Waals surface area contributed by atoms with Crippen LogP contribution in [0, 0.1) is 0 Å². The molecule has 2 aromatic rings. The van der Waals surface area contributed by atoms with Crippen molar-refractivity contribution in [2.24, 2.45) is 0 Å². The van der Waals surface area contributed by atoms with Crippen LogP contribution in [0.1, 0.15) is 10.4 Å². The minimum Gasteiger partial charge on any atom is -0.496 e. The molecule has 1 aromatic heterocycles. The van der Waals surface area contributed by atoms with E-state index in [2.05, 4.69) is 4.98 Å². The van der Waals surface area contributed by atoms with E-state index in [0.717, 1.165) is 5.75 Å². The van der Waals surface area contributed by atoms with Gasteiger partial charge in [0.1, 0.15) is 17.6 Å². The van der Waals surface area contributed by atoms with Crippen LogP contribution >= 0.6 is 0 Å². The van der Waals surface area contributed by atoms with Crippen molar-refractivity contribution in [2.75, 3.05) is 20.2 Å². The predicted octanol–water partition coefficient (Wildman–Crippen LogP) is 1.99. The van der Waals surface area contributed by atoms with Gasteiger partial charge in [-0.1, -0.05) is 12.1 Å². The number of pyridine rings is 1. The third-order valence-electron chi connectivity index (χ3n) is 3.41. The smallest absolute Gasteiger partial charge is 0.257 e. The van der Waals surface area contributed by atoms with E-state index in [1.165, 1.54) is 0 Å². The molecule has 21 heavy (non-hydrogen) atoms. The molecular weight excluding hydrogens is 268 g/mol. The van der Waals surface area contributed by atoms with Crippen LogP contribution < -0.4 is 9.47 Å². The van der Waals surface area contributed by atoms with Crippen molar-refractivity contribution in [3.63, 3.8) is 0 Å². The second-order valence-corrected chi connectivity index (χ2v) is 4.84. The quantitative estimate of drug-likeness (QED) is 0.861. The Bertz CT molecular complexity index is 624. The highest BCUT2D eigenvalue weighted by Gasteiger charge is 2.33. The van der Waals surface area contributed by atoms with Crippen molar-refractivity contribution in [1.82, 2.24) is 9.88 Å². The minimum atomic E-state index is -0.0292. The molecule has 1 amide bonds. The van der Waals surface area contributed by atoms with E-state index >= 15 is 0 Å².